The molecule has 30 heavy (non-hydrogen) atoms. The number of barbiturate groups is 1. The van der Waals surface area contributed by atoms with Gasteiger partial charge in [-0.3, -0.25) is 19.8 Å². The lowest BCUT2D eigenvalue weighted by Gasteiger charge is -2.35. The highest BCUT2D eigenvalue weighted by Gasteiger charge is 2.40. The molecule has 0 atom stereocenters. The summed E-state index contributed by atoms with van der Waals surface area (Å²) >= 11 is 0. The van der Waals surface area contributed by atoms with Gasteiger partial charge in [0.05, 0.1) is 6.61 Å². The lowest BCUT2D eigenvalue weighted by atomic mass is 9.93. The van der Waals surface area contributed by atoms with E-state index in [-0.39, 0.29) is 23.1 Å². The number of urea groups is 1. The number of nitrogens with zero attached hydrogens (tertiary/aromatic N) is 1. The van der Waals surface area contributed by atoms with Crippen LogP contribution in [0.2, 0.25) is 0 Å². The second-order valence-corrected chi connectivity index (χ2v) is 7.11. The fourth-order valence-electron chi connectivity index (χ4n) is 3.65. The second kappa shape index (κ2) is 9.43. The van der Waals surface area contributed by atoms with E-state index in [1.807, 2.05) is 0 Å². The predicted molar refractivity (Wildman–Crippen MR) is 106 cm³/mol. The van der Waals surface area contributed by atoms with Crippen LogP contribution in [-0.2, 0) is 14.4 Å². The molecule has 9 nitrogen and oxygen atoms in total. The van der Waals surface area contributed by atoms with E-state index < -0.39 is 30.4 Å². The second-order valence-electron chi connectivity index (χ2n) is 7.11. The standard InChI is InChI=1S/C21H24N2O7/c1-2-29-17-11-13(8-9-16(17)30-12-18(24)25)10-15-19(26)22-21(28)23(20(15)27)14-6-4-3-5-7-14/h8-11,14H,2-7,12H2,1H3,(H,24,25)(H,22,26,28). The first-order valence-electron chi connectivity index (χ1n) is 9.92. The van der Waals surface area contributed by atoms with Gasteiger partial charge in [-0.2, -0.15) is 0 Å². The fraction of sp³-hybridized carbons (Fsp3) is 0.429. The van der Waals surface area contributed by atoms with Crippen molar-refractivity contribution in [2.45, 2.75) is 45.1 Å². The zero-order chi connectivity index (χ0) is 21.7. The number of carbonyl (C=O) groups is 4. The van der Waals surface area contributed by atoms with Gasteiger partial charge >= 0.3 is 12.0 Å². The molecular weight excluding hydrogens is 392 g/mol. The highest BCUT2D eigenvalue weighted by atomic mass is 16.5. The first kappa shape index (κ1) is 21.4. The Morgan fingerprint density at radius 1 is 1.17 bits per heavy atom. The number of hydrogen-bond acceptors (Lipinski definition) is 6. The van der Waals surface area contributed by atoms with Crippen LogP contribution >= 0.6 is 0 Å². The van der Waals surface area contributed by atoms with E-state index in [0.29, 0.717) is 12.2 Å². The van der Waals surface area contributed by atoms with Crippen molar-refractivity contribution >= 4 is 29.9 Å². The van der Waals surface area contributed by atoms with Crippen molar-refractivity contribution in [3.63, 3.8) is 0 Å². The molecule has 1 saturated carbocycles. The molecular formula is C21H24N2O7. The molecule has 1 aromatic carbocycles. The Balaban J connectivity index is 1.88. The van der Waals surface area contributed by atoms with Crippen LogP contribution in [-0.4, -0.2) is 53.1 Å². The zero-order valence-corrected chi connectivity index (χ0v) is 16.7. The maximum absolute atomic E-state index is 13.0. The lowest BCUT2D eigenvalue weighted by molar-refractivity contribution is -0.139. The molecule has 1 heterocycles. The van der Waals surface area contributed by atoms with Gasteiger partial charge in [0.15, 0.2) is 18.1 Å². The number of amides is 4. The minimum absolute atomic E-state index is 0.137. The van der Waals surface area contributed by atoms with Crippen molar-refractivity contribution < 1.29 is 33.8 Å². The monoisotopic (exact) mass is 416 g/mol. The minimum atomic E-state index is -1.12. The molecule has 2 fully saturated rings. The summed E-state index contributed by atoms with van der Waals surface area (Å²) in [5.41, 5.74) is 0.347. The number of carbonyl (C=O) groups excluding carboxylic acids is 3. The molecule has 1 aliphatic carbocycles. The van der Waals surface area contributed by atoms with Crippen molar-refractivity contribution in [3.8, 4) is 11.5 Å². The number of ether oxygens (including phenoxy) is 2. The number of carboxylic acid groups (broad SMARTS) is 1. The number of hydrogen-bond donors (Lipinski definition) is 2. The summed E-state index contributed by atoms with van der Waals surface area (Å²) in [7, 11) is 0. The molecule has 160 valence electrons. The van der Waals surface area contributed by atoms with Crippen LogP contribution in [0.15, 0.2) is 23.8 Å². The molecule has 1 saturated heterocycles. The Kier molecular flexibility index (Phi) is 6.71. The number of aliphatic carboxylic acids is 1. The maximum Gasteiger partial charge on any atom is 0.341 e. The molecule has 2 aliphatic rings. The topological polar surface area (TPSA) is 122 Å². The van der Waals surface area contributed by atoms with Crippen LogP contribution in [0.1, 0.15) is 44.6 Å². The van der Waals surface area contributed by atoms with Crippen LogP contribution in [0, 0.1) is 0 Å². The summed E-state index contributed by atoms with van der Waals surface area (Å²) in [4.78, 5) is 49.5. The Bertz CT molecular complexity index is 887. The van der Waals surface area contributed by atoms with E-state index >= 15 is 0 Å². The SMILES string of the molecule is CCOc1cc(C=C2C(=O)NC(=O)N(C3CCCCC3)C2=O)ccc1OCC(=O)O. The van der Waals surface area contributed by atoms with E-state index in [9.17, 15) is 19.2 Å². The van der Waals surface area contributed by atoms with Crippen molar-refractivity contribution in [1.82, 2.24) is 10.2 Å². The zero-order valence-electron chi connectivity index (χ0n) is 16.7. The number of benzene rings is 1. The normalized spacial score (nSPS) is 19.0. The van der Waals surface area contributed by atoms with Gasteiger partial charge in [0.25, 0.3) is 11.8 Å². The van der Waals surface area contributed by atoms with Crippen molar-refractivity contribution in [3.05, 3.63) is 29.3 Å². The smallest absolute Gasteiger partial charge is 0.341 e. The summed E-state index contributed by atoms with van der Waals surface area (Å²) in [6.07, 6.45) is 5.78. The van der Waals surface area contributed by atoms with Crippen molar-refractivity contribution in [2.75, 3.05) is 13.2 Å². The molecule has 0 unspecified atom stereocenters. The predicted octanol–water partition coefficient (Wildman–Crippen LogP) is 2.34. The Labute approximate surface area is 173 Å². The van der Waals surface area contributed by atoms with Crippen LogP contribution in [0.25, 0.3) is 6.08 Å². The van der Waals surface area contributed by atoms with E-state index in [0.717, 1.165) is 37.0 Å². The number of rotatable bonds is 7. The Morgan fingerprint density at radius 2 is 1.90 bits per heavy atom. The highest BCUT2D eigenvalue weighted by Crippen LogP contribution is 2.31. The highest BCUT2D eigenvalue weighted by molar-refractivity contribution is 6.31. The summed E-state index contributed by atoms with van der Waals surface area (Å²) in [5.74, 6) is -1.96. The van der Waals surface area contributed by atoms with E-state index in [4.69, 9.17) is 14.6 Å². The Morgan fingerprint density at radius 3 is 2.57 bits per heavy atom. The van der Waals surface area contributed by atoms with E-state index in [2.05, 4.69) is 5.32 Å². The molecule has 9 heteroatoms. The van der Waals surface area contributed by atoms with Gasteiger partial charge in [-0.15, -0.1) is 0 Å². The van der Waals surface area contributed by atoms with Gasteiger partial charge < -0.3 is 14.6 Å². The fourth-order valence-corrected chi connectivity index (χ4v) is 3.65. The summed E-state index contributed by atoms with van der Waals surface area (Å²) in [6, 6.07) is 3.75. The van der Waals surface area contributed by atoms with Gasteiger partial charge in [-0.25, -0.2) is 9.59 Å². The largest absolute Gasteiger partial charge is 0.490 e. The maximum atomic E-state index is 13.0. The number of nitrogens with one attached hydrogen (secondary N) is 1. The summed E-state index contributed by atoms with van der Waals surface area (Å²) in [6.45, 7) is 1.55. The molecule has 3 rings (SSSR count). The van der Waals surface area contributed by atoms with Crippen LogP contribution in [0.5, 0.6) is 11.5 Å². The third-order valence-electron chi connectivity index (χ3n) is 5.00. The molecule has 4 amide bonds. The molecule has 1 aliphatic heterocycles. The van der Waals surface area contributed by atoms with Crippen LogP contribution in [0.3, 0.4) is 0 Å². The third kappa shape index (κ3) is 4.79. The third-order valence-corrected chi connectivity index (χ3v) is 5.00. The lowest BCUT2D eigenvalue weighted by Crippen LogP contribution is -2.58. The van der Waals surface area contributed by atoms with Gasteiger partial charge in [0.1, 0.15) is 5.57 Å². The first-order chi connectivity index (χ1) is 14.4. The van der Waals surface area contributed by atoms with Gasteiger partial charge in [-0.05, 0) is 43.5 Å². The minimum Gasteiger partial charge on any atom is -0.490 e. The molecule has 0 radical (unpaired) electrons. The molecule has 0 aromatic heterocycles. The van der Waals surface area contributed by atoms with Crippen LogP contribution < -0.4 is 14.8 Å². The number of carboxylic acids is 1. The summed E-state index contributed by atoms with van der Waals surface area (Å²) in [5, 5.41) is 11.0. The molecule has 2 N–H and O–H groups in total. The average Bonchev–Trinajstić information content (AvgIpc) is 2.71. The van der Waals surface area contributed by atoms with Gasteiger partial charge in [0, 0.05) is 6.04 Å². The number of imide groups is 2. The summed E-state index contributed by atoms with van der Waals surface area (Å²) < 4.78 is 10.7. The van der Waals surface area contributed by atoms with E-state index in [1.165, 1.54) is 12.1 Å². The average molecular weight is 416 g/mol. The molecule has 0 bridgehead atoms. The quantitative estimate of drug-likeness (QED) is 0.517. The Hall–Kier alpha value is -3.36. The van der Waals surface area contributed by atoms with E-state index in [1.54, 1.807) is 19.1 Å². The van der Waals surface area contributed by atoms with Crippen molar-refractivity contribution in [2.24, 2.45) is 0 Å². The van der Waals surface area contributed by atoms with Crippen LogP contribution in [0.4, 0.5) is 4.79 Å². The molecule has 0 spiro atoms. The van der Waals surface area contributed by atoms with Crippen molar-refractivity contribution in [1.29, 1.82) is 0 Å². The van der Waals surface area contributed by atoms with Gasteiger partial charge in [0.2, 0.25) is 0 Å². The van der Waals surface area contributed by atoms with Gasteiger partial charge in [-0.1, -0.05) is 25.3 Å². The molecule has 1 aromatic rings. The first-order valence-corrected chi connectivity index (χ1v) is 9.92.